The topological polar surface area (TPSA) is 59.8 Å². The molecule has 0 radical (unpaired) electrons. The molecule has 4 rings (SSSR count). The zero-order valence-electron chi connectivity index (χ0n) is 13.6. The summed E-state index contributed by atoms with van der Waals surface area (Å²) in [4.78, 5) is 14.9. The van der Waals surface area contributed by atoms with E-state index in [1.807, 2.05) is 6.92 Å². The summed E-state index contributed by atoms with van der Waals surface area (Å²) >= 11 is 1.68. The van der Waals surface area contributed by atoms with Crippen LogP contribution in [-0.2, 0) is 25.8 Å². The van der Waals surface area contributed by atoms with Crippen LogP contribution in [0.2, 0.25) is 0 Å². The van der Waals surface area contributed by atoms with Crippen LogP contribution in [0.3, 0.4) is 0 Å². The van der Waals surface area contributed by atoms with Crippen LogP contribution in [0.15, 0.2) is 6.07 Å². The Bertz CT molecular complexity index is 748. The van der Waals surface area contributed by atoms with Gasteiger partial charge < -0.3 is 9.88 Å². The second-order valence-electron chi connectivity index (χ2n) is 6.89. The zero-order chi connectivity index (χ0) is 16.0. The number of nitrogens with zero attached hydrogens (tertiary/aromatic N) is 3. The molecule has 2 aromatic rings. The number of hydrogen-bond donors (Lipinski definition) is 1. The number of fused-ring (bicyclic) bond motifs is 2. The molecule has 3 heterocycles. The van der Waals surface area contributed by atoms with Crippen molar-refractivity contribution in [1.82, 2.24) is 20.1 Å². The summed E-state index contributed by atoms with van der Waals surface area (Å²) < 4.78 is 2.12. The average Bonchev–Trinajstić information content (AvgIpc) is 3.11. The van der Waals surface area contributed by atoms with Crippen LogP contribution < -0.4 is 5.32 Å². The molecule has 0 bridgehead atoms. The van der Waals surface area contributed by atoms with Gasteiger partial charge >= 0.3 is 0 Å². The zero-order valence-corrected chi connectivity index (χ0v) is 14.4. The van der Waals surface area contributed by atoms with E-state index in [9.17, 15) is 4.79 Å². The van der Waals surface area contributed by atoms with Gasteiger partial charge in [0.25, 0.3) is 5.91 Å². The number of nitrogens with one attached hydrogen (secondary N) is 1. The number of rotatable bonds is 2. The van der Waals surface area contributed by atoms with Crippen molar-refractivity contribution in [2.75, 3.05) is 0 Å². The molecule has 0 aromatic carbocycles. The highest BCUT2D eigenvalue weighted by Crippen LogP contribution is 2.32. The fraction of sp³-hybridized carbons (Fsp3) is 0.588. The first kappa shape index (κ1) is 14.9. The minimum Gasteiger partial charge on any atom is -0.347 e. The molecule has 0 spiro atoms. The third-order valence-electron chi connectivity index (χ3n) is 5.02. The van der Waals surface area contributed by atoms with Gasteiger partial charge in [0.1, 0.15) is 11.6 Å². The summed E-state index contributed by atoms with van der Waals surface area (Å²) in [5.74, 6) is 2.78. The Hall–Kier alpha value is -1.69. The molecule has 0 saturated heterocycles. The maximum absolute atomic E-state index is 12.6. The quantitative estimate of drug-likeness (QED) is 0.920. The van der Waals surface area contributed by atoms with Crippen LogP contribution in [-0.4, -0.2) is 26.7 Å². The minimum atomic E-state index is 0.0798. The van der Waals surface area contributed by atoms with Crippen molar-refractivity contribution in [1.29, 1.82) is 0 Å². The fourth-order valence-corrected chi connectivity index (χ4v) is 4.77. The second-order valence-corrected chi connectivity index (χ2v) is 8.03. The standard InChI is InChI=1S/C17H22N4OS/c1-10-3-5-14-12(7-10)8-15(23-14)17(22)18-13-4-6-16-20-19-11(2)21(16)9-13/h8,10,13H,3-7,9H2,1-2H3,(H,18,22)/t10-,13-/m0/s1. The largest absolute Gasteiger partial charge is 0.347 e. The lowest BCUT2D eigenvalue weighted by atomic mass is 9.90. The SMILES string of the molecule is Cc1nnc2n1C[C@@H](NC(=O)c1cc3c(s1)CC[C@H](C)C3)CC2. The van der Waals surface area contributed by atoms with Crippen LogP contribution in [0.4, 0.5) is 0 Å². The van der Waals surface area contributed by atoms with Crippen molar-refractivity contribution < 1.29 is 4.79 Å². The Morgan fingerprint density at radius 3 is 3.09 bits per heavy atom. The molecule has 0 saturated carbocycles. The number of thiophene rings is 1. The molecule has 0 unspecified atom stereocenters. The van der Waals surface area contributed by atoms with E-state index in [0.717, 1.165) is 54.7 Å². The van der Waals surface area contributed by atoms with Crippen LogP contribution in [0.5, 0.6) is 0 Å². The highest BCUT2D eigenvalue weighted by molar-refractivity contribution is 7.14. The van der Waals surface area contributed by atoms with Gasteiger partial charge in [-0.25, -0.2) is 0 Å². The molecule has 2 atom stereocenters. The molecule has 122 valence electrons. The Morgan fingerprint density at radius 1 is 1.35 bits per heavy atom. The molecule has 2 aromatic heterocycles. The predicted octanol–water partition coefficient (Wildman–Crippen LogP) is 2.52. The van der Waals surface area contributed by atoms with Crippen molar-refractivity contribution >= 4 is 17.2 Å². The molecule has 1 aliphatic heterocycles. The molecular formula is C17H22N4OS. The van der Waals surface area contributed by atoms with Gasteiger partial charge in [-0.2, -0.15) is 0 Å². The smallest absolute Gasteiger partial charge is 0.261 e. The monoisotopic (exact) mass is 330 g/mol. The Balaban J connectivity index is 1.46. The van der Waals surface area contributed by atoms with E-state index in [2.05, 4.69) is 33.1 Å². The Morgan fingerprint density at radius 2 is 2.22 bits per heavy atom. The fourth-order valence-electron chi connectivity index (χ4n) is 3.65. The van der Waals surface area contributed by atoms with Crippen molar-refractivity contribution in [3.63, 3.8) is 0 Å². The second kappa shape index (κ2) is 5.74. The summed E-state index contributed by atoms with van der Waals surface area (Å²) in [6.45, 7) is 5.04. The number of aromatic nitrogens is 3. The van der Waals surface area contributed by atoms with Gasteiger partial charge in [0, 0.05) is 23.9 Å². The van der Waals surface area contributed by atoms with Gasteiger partial charge in [0.05, 0.1) is 4.88 Å². The lowest BCUT2D eigenvalue weighted by Crippen LogP contribution is -2.41. The van der Waals surface area contributed by atoms with Gasteiger partial charge in [-0.3, -0.25) is 4.79 Å². The number of aryl methyl sites for hydroxylation is 3. The summed E-state index contributed by atoms with van der Waals surface area (Å²) in [6, 6.07) is 2.28. The first-order chi connectivity index (χ1) is 11.1. The van der Waals surface area contributed by atoms with Gasteiger partial charge in [-0.15, -0.1) is 21.5 Å². The lowest BCUT2D eigenvalue weighted by Gasteiger charge is -2.24. The highest BCUT2D eigenvalue weighted by atomic mass is 32.1. The lowest BCUT2D eigenvalue weighted by molar-refractivity contribution is 0.0931. The molecule has 1 amide bonds. The van der Waals surface area contributed by atoms with E-state index in [1.165, 1.54) is 16.9 Å². The molecule has 6 heteroatoms. The van der Waals surface area contributed by atoms with Crippen molar-refractivity contribution in [3.05, 3.63) is 33.0 Å². The van der Waals surface area contributed by atoms with E-state index in [0.29, 0.717) is 0 Å². The third-order valence-corrected chi connectivity index (χ3v) is 6.26. The maximum Gasteiger partial charge on any atom is 0.261 e. The van der Waals surface area contributed by atoms with Crippen LogP contribution in [0.25, 0.3) is 0 Å². The van der Waals surface area contributed by atoms with E-state index in [1.54, 1.807) is 11.3 Å². The summed E-state index contributed by atoms with van der Waals surface area (Å²) in [6.07, 6.45) is 5.30. The number of hydrogen-bond acceptors (Lipinski definition) is 4. The minimum absolute atomic E-state index is 0.0798. The first-order valence-electron chi connectivity index (χ1n) is 8.41. The normalized spacial score (nSPS) is 23.2. The summed E-state index contributed by atoms with van der Waals surface area (Å²) in [5.41, 5.74) is 1.39. The van der Waals surface area contributed by atoms with Gasteiger partial charge in [0.15, 0.2) is 0 Å². The van der Waals surface area contributed by atoms with Crippen LogP contribution >= 0.6 is 11.3 Å². The van der Waals surface area contributed by atoms with Crippen molar-refractivity contribution in [2.24, 2.45) is 5.92 Å². The van der Waals surface area contributed by atoms with Crippen molar-refractivity contribution in [3.8, 4) is 0 Å². The van der Waals surface area contributed by atoms with Crippen LogP contribution in [0, 0.1) is 12.8 Å². The number of amides is 1. The molecule has 23 heavy (non-hydrogen) atoms. The van der Waals surface area contributed by atoms with E-state index >= 15 is 0 Å². The predicted molar refractivity (Wildman–Crippen MR) is 89.8 cm³/mol. The van der Waals surface area contributed by atoms with Gasteiger partial charge in [-0.1, -0.05) is 6.92 Å². The maximum atomic E-state index is 12.6. The Kier molecular flexibility index (Phi) is 3.71. The summed E-state index contributed by atoms with van der Waals surface area (Å²) in [5, 5.41) is 11.5. The third kappa shape index (κ3) is 2.80. The van der Waals surface area contributed by atoms with E-state index in [-0.39, 0.29) is 11.9 Å². The summed E-state index contributed by atoms with van der Waals surface area (Å²) in [7, 11) is 0. The van der Waals surface area contributed by atoms with Crippen LogP contribution in [0.1, 0.15) is 51.5 Å². The average molecular weight is 330 g/mol. The Labute approximate surface area is 140 Å². The molecular weight excluding hydrogens is 308 g/mol. The van der Waals surface area contributed by atoms with Crippen molar-refractivity contribution in [2.45, 2.75) is 58.5 Å². The molecule has 0 fully saturated rings. The molecule has 1 N–H and O–H groups in total. The highest BCUT2D eigenvalue weighted by Gasteiger charge is 2.25. The number of carbonyl (C=O) groups excluding carboxylic acids is 1. The molecule has 1 aliphatic carbocycles. The van der Waals surface area contributed by atoms with E-state index < -0.39 is 0 Å². The van der Waals surface area contributed by atoms with Gasteiger partial charge in [0.2, 0.25) is 0 Å². The van der Waals surface area contributed by atoms with E-state index in [4.69, 9.17) is 0 Å². The first-order valence-corrected chi connectivity index (χ1v) is 9.23. The van der Waals surface area contributed by atoms with Gasteiger partial charge in [-0.05, 0) is 50.2 Å². The molecule has 2 aliphatic rings. The molecule has 5 nitrogen and oxygen atoms in total. The number of carbonyl (C=O) groups is 1.